The van der Waals surface area contributed by atoms with Crippen molar-refractivity contribution in [2.24, 2.45) is 0 Å². The van der Waals surface area contributed by atoms with E-state index in [9.17, 15) is 0 Å². The van der Waals surface area contributed by atoms with Crippen molar-refractivity contribution >= 4 is 0 Å². The summed E-state index contributed by atoms with van der Waals surface area (Å²) in [6, 6.07) is 2.08. The minimum Gasteiger partial charge on any atom is -0.378 e. The van der Waals surface area contributed by atoms with Gasteiger partial charge in [-0.15, -0.1) is 0 Å². The van der Waals surface area contributed by atoms with Gasteiger partial charge in [-0.25, -0.2) is 0 Å². The standard InChI is InChI=1S/C21H41N3O3/c1-17-12-26-13-18(23(17)4)6-7-19-14-27-15-20(24(19)5)8-9-21(2)16-25-11-10-22(21)3/h17-20H,6-16H2,1-5H3/t17-,18-,19+,20-,21+/m0/s1. The summed E-state index contributed by atoms with van der Waals surface area (Å²) in [7, 11) is 6.77. The van der Waals surface area contributed by atoms with Gasteiger partial charge >= 0.3 is 0 Å². The minimum absolute atomic E-state index is 0.157. The molecule has 3 saturated heterocycles. The van der Waals surface area contributed by atoms with E-state index < -0.39 is 0 Å². The van der Waals surface area contributed by atoms with Crippen molar-refractivity contribution in [2.75, 3.05) is 67.3 Å². The van der Waals surface area contributed by atoms with Crippen molar-refractivity contribution < 1.29 is 14.2 Å². The first-order valence-corrected chi connectivity index (χ1v) is 10.8. The van der Waals surface area contributed by atoms with Gasteiger partial charge in [-0.3, -0.25) is 14.7 Å². The normalized spacial score (nSPS) is 40.3. The molecular formula is C21H41N3O3. The Morgan fingerprint density at radius 3 is 2.07 bits per heavy atom. The largest absolute Gasteiger partial charge is 0.378 e. The van der Waals surface area contributed by atoms with E-state index in [2.05, 4.69) is 49.7 Å². The summed E-state index contributed by atoms with van der Waals surface area (Å²) >= 11 is 0. The fourth-order valence-corrected chi connectivity index (χ4v) is 4.70. The zero-order chi connectivity index (χ0) is 19.4. The van der Waals surface area contributed by atoms with Crippen molar-refractivity contribution in [3.63, 3.8) is 0 Å². The molecule has 0 radical (unpaired) electrons. The smallest absolute Gasteiger partial charge is 0.0648 e. The molecule has 0 aromatic heterocycles. The highest BCUT2D eigenvalue weighted by Gasteiger charge is 2.36. The van der Waals surface area contributed by atoms with Crippen molar-refractivity contribution in [3.8, 4) is 0 Å². The summed E-state index contributed by atoms with van der Waals surface area (Å²) in [6.45, 7) is 10.8. The summed E-state index contributed by atoms with van der Waals surface area (Å²) < 4.78 is 17.6. The molecule has 0 spiro atoms. The lowest BCUT2D eigenvalue weighted by molar-refractivity contribution is -0.0727. The number of rotatable bonds is 6. The van der Waals surface area contributed by atoms with Crippen LogP contribution < -0.4 is 0 Å². The SMILES string of the molecule is C[C@H]1COC[C@H](CC[C@@H]2COC[C@H](CC[C@]3(C)COCCN3C)N2C)N1C. The Hall–Kier alpha value is -0.240. The van der Waals surface area contributed by atoms with E-state index in [0.29, 0.717) is 24.2 Å². The van der Waals surface area contributed by atoms with Gasteiger partial charge in [0.15, 0.2) is 0 Å². The van der Waals surface area contributed by atoms with Crippen LogP contribution in [0.5, 0.6) is 0 Å². The molecule has 3 fully saturated rings. The molecule has 27 heavy (non-hydrogen) atoms. The van der Waals surface area contributed by atoms with Crippen molar-refractivity contribution in [3.05, 3.63) is 0 Å². The maximum absolute atomic E-state index is 6.02. The molecule has 3 aliphatic rings. The van der Waals surface area contributed by atoms with Gasteiger partial charge in [0.05, 0.1) is 39.6 Å². The van der Waals surface area contributed by atoms with Gasteiger partial charge in [-0.1, -0.05) is 0 Å². The predicted octanol–water partition coefficient (Wildman–Crippen LogP) is 1.69. The predicted molar refractivity (Wildman–Crippen MR) is 108 cm³/mol. The number of morpholine rings is 3. The summed E-state index contributed by atoms with van der Waals surface area (Å²) in [4.78, 5) is 7.55. The van der Waals surface area contributed by atoms with Gasteiger partial charge in [0.2, 0.25) is 0 Å². The molecule has 0 saturated carbocycles. The molecule has 0 aliphatic carbocycles. The molecule has 0 amide bonds. The average molecular weight is 384 g/mol. The monoisotopic (exact) mass is 383 g/mol. The van der Waals surface area contributed by atoms with Gasteiger partial charge < -0.3 is 14.2 Å². The number of nitrogens with zero attached hydrogens (tertiary/aromatic N) is 3. The molecule has 3 rings (SSSR count). The van der Waals surface area contributed by atoms with Gasteiger partial charge in [0.25, 0.3) is 0 Å². The van der Waals surface area contributed by atoms with Crippen LogP contribution in [-0.4, -0.2) is 112 Å². The molecule has 6 heteroatoms. The lowest BCUT2D eigenvalue weighted by Crippen LogP contribution is -2.55. The van der Waals surface area contributed by atoms with Crippen LogP contribution in [0.25, 0.3) is 0 Å². The maximum atomic E-state index is 6.02. The Morgan fingerprint density at radius 1 is 0.815 bits per heavy atom. The Balaban J connectivity index is 1.47. The van der Waals surface area contributed by atoms with E-state index in [1.54, 1.807) is 0 Å². The molecule has 0 aromatic carbocycles. The van der Waals surface area contributed by atoms with Crippen LogP contribution in [0, 0.1) is 0 Å². The summed E-state index contributed by atoms with van der Waals surface area (Å²) in [5.41, 5.74) is 0.157. The van der Waals surface area contributed by atoms with Crippen LogP contribution in [0.3, 0.4) is 0 Å². The lowest BCUT2D eigenvalue weighted by Gasteiger charge is -2.45. The minimum atomic E-state index is 0.157. The van der Waals surface area contributed by atoms with Crippen LogP contribution in [-0.2, 0) is 14.2 Å². The van der Waals surface area contributed by atoms with Crippen LogP contribution in [0.1, 0.15) is 39.5 Å². The first-order chi connectivity index (χ1) is 12.9. The van der Waals surface area contributed by atoms with Gasteiger partial charge in [0, 0.05) is 36.3 Å². The molecule has 0 unspecified atom stereocenters. The first-order valence-electron chi connectivity index (χ1n) is 10.8. The van der Waals surface area contributed by atoms with Crippen molar-refractivity contribution in [2.45, 2.75) is 69.2 Å². The first kappa shape index (κ1) is 21.5. The summed E-state index contributed by atoms with van der Waals surface area (Å²) in [5, 5.41) is 0. The molecule has 0 bridgehead atoms. The Kier molecular flexibility index (Phi) is 7.56. The highest BCUT2D eigenvalue weighted by Crippen LogP contribution is 2.28. The zero-order valence-corrected chi connectivity index (χ0v) is 18.2. The molecule has 158 valence electrons. The van der Waals surface area contributed by atoms with Gasteiger partial charge in [-0.05, 0) is 60.7 Å². The van der Waals surface area contributed by atoms with Gasteiger partial charge in [-0.2, -0.15) is 0 Å². The van der Waals surface area contributed by atoms with Gasteiger partial charge in [0.1, 0.15) is 0 Å². The third-order valence-electron chi connectivity index (χ3n) is 7.47. The fourth-order valence-electron chi connectivity index (χ4n) is 4.70. The third-order valence-corrected chi connectivity index (χ3v) is 7.47. The second-order valence-corrected chi connectivity index (χ2v) is 9.30. The van der Waals surface area contributed by atoms with E-state index >= 15 is 0 Å². The Morgan fingerprint density at radius 2 is 1.41 bits per heavy atom. The van der Waals surface area contributed by atoms with Crippen molar-refractivity contribution in [1.29, 1.82) is 0 Å². The fraction of sp³-hybridized carbons (Fsp3) is 1.00. The Labute approximate surface area is 166 Å². The van der Waals surface area contributed by atoms with E-state index in [1.165, 1.54) is 19.3 Å². The third kappa shape index (κ3) is 5.22. The van der Waals surface area contributed by atoms with E-state index in [1.807, 2.05) is 0 Å². The van der Waals surface area contributed by atoms with Crippen LogP contribution in [0.2, 0.25) is 0 Å². The maximum Gasteiger partial charge on any atom is 0.0648 e. The van der Waals surface area contributed by atoms with Crippen LogP contribution >= 0.6 is 0 Å². The summed E-state index contributed by atoms with van der Waals surface area (Å²) in [6.07, 6.45) is 4.69. The molecule has 0 aromatic rings. The van der Waals surface area contributed by atoms with E-state index in [-0.39, 0.29) is 5.54 Å². The Bertz CT molecular complexity index is 466. The summed E-state index contributed by atoms with van der Waals surface area (Å²) in [5.74, 6) is 0. The second-order valence-electron chi connectivity index (χ2n) is 9.30. The highest BCUT2D eigenvalue weighted by molar-refractivity contribution is 4.91. The van der Waals surface area contributed by atoms with E-state index in [4.69, 9.17) is 14.2 Å². The second kappa shape index (κ2) is 9.51. The van der Waals surface area contributed by atoms with Crippen LogP contribution in [0.4, 0.5) is 0 Å². The number of likely N-dealkylation sites (N-methyl/N-ethyl adjacent to an activating group) is 3. The van der Waals surface area contributed by atoms with E-state index in [0.717, 1.165) is 52.6 Å². The molecular weight excluding hydrogens is 342 g/mol. The average Bonchev–Trinajstić information content (AvgIpc) is 2.65. The lowest BCUT2D eigenvalue weighted by atomic mass is 9.90. The quantitative estimate of drug-likeness (QED) is 0.695. The zero-order valence-electron chi connectivity index (χ0n) is 18.2. The molecule has 3 heterocycles. The molecule has 0 N–H and O–H groups in total. The number of hydrogen-bond donors (Lipinski definition) is 0. The highest BCUT2D eigenvalue weighted by atomic mass is 16.5. The van der Waals surface area contributed by atoms with Crippen molar-refractivity contribution in [1.82, 2.24) is 14.7 Å². The topological polar surface area (TPSA) is 37.4 Å². The number of hydrogen-bond acceptors (Lipinski definition) is 6. The molecule has 6 nitrogen and oxygen atoms in total. The van der Waals surface area contributed by atoms with Crippen LogP contribution in [0.15, 0.2) is 0 Å². The molecule has 3 aliphatic heterocycles. The number of ether oxygens (including phenoxy) is 3. The molecule has 5 atom stereocenters.